The molecular weight excluding hydrogens is 213 g/mol. The molecule has 17 heavy (non-hydrogen) atoms. The molecule has 1 unspecified atom stereocenters. The molecule has 90 valence electrons. The Morgan fingerprint density at radius 1 is 1.29 bits per heavy atom. The first kappa shape index (κ1) is 10.8. The zero-order valence-corrected chi connectivity index (χ0v) is 10.2. The monoisotopic (exact) mass is 231 g/mol. The van der Waals surface area contributed by atoms with Crippen LogP contribution in [-0.2, 0) is 6.42 Å². The van der Waals surface area contributed by atoms with Crippen LogP contribution in [0.25, 0.3) is 10.9 Å². The molecule has 1 nitrogen and oxygen atoms in total. The van der Waals surface area contributed by atoms with Gasteiger partial charge in [-0.3, -0.25) is 0 Å². The Kier molecular flexibility index (Phi) is 2.65. The van der Waals surface area contributed by atoms with Crippen LogP contribution >= 0.6 is 0 Å². The van der Waals surface area contributed by atoms with Crippen molar-refractivity contribution in [1.82, 2.24) is 4.98 Å². The molecular formula is C15H18FN. The van der Waals surface area contributed by atoms with Crippen LogP contribution in [0.2, 0.25) is 0 Å². The van der Waals surface area contributed by atoms with Crippen molar-refractivity contribution in [2.24, 2.45) is 5.92 Å². The van der Waals surface area contributed by atoms with E-state index in [0.29, 0.717) is 5.92 Å². The maximum absolute atomic E-state index is 13.2. The van der Waals surface area contributed by atoms with Gasteiger partial charge in [0.25, 0.3) is 0 Å². The van der Waals surface area contributed by atoms with Crippen LogP contribution in [0.4, 0.5) is 4.39 Å². The molecule has 2 atom stereocenters. The van der Waals surface area contributed by atoms with E-state index < -0.39 is 6.17 Å². The van der Waals surface area contributed by atoms with Crippen LogP contribution in [0.5, 0.6) is 0 Å². The van der Waals surface area contributed by atoms with Gasteiger partial charge in [0.2, 0.25) is 0 Å². The molecule has 1 N–H and O–H groups in total. The van der Waals surface area contributed by atoms with Crippen LogP contribution in [0.15, 0.2) is 24.3 Å². The van der Waals surface area contributed by atoms with Gasteiger partial charge >= 0.3 is 0 Å². The second-order valence-electron chi connectivity index (χ2n) is 5.25. The molecule has 0 amide bonds. The molecule has 1 heterocycles. The van der Waals surface area contributed by atoms with Crippen molar-refractivity contribution in [3.05, 3.63) is 35.5 Å². The standard InChI is InChI=1S/C15H18FN/c1-10-14(9-11-6-7-12(16)8-11)13-4-2-3-5-15(13)17-10/h2-5,11-12,17H,6-9H2,1H3/t11-,12?/m1/s1. The van der Waals surface area contributed by atoms with E-state index in [-0.39, 0.29) is 0 Å². The molecule has 0 radical (unpaired) electrons. The maximum atomic E-state index is 13.2. The molecule has 1 aliphatic rings. The number of nitrogens with one attached hydrogen (secondary N) is 1. The average Bonchev–Trinajstić information content (AvgIpc) is 2.85. The fraction of sp³-hybridized carbons (Fsp3) is 0.467. The third-order valence-electron chi connectivity index (χ3n) is 4.00. The predicted octanol–water partition coefficient (Wildman–Crippen LogP) is 4.16. The minimum atomic E-state index is -0.564. The van der Waals surface area contributed by atoms with E-state index >= 15 is 0 Å². The third kappa shape index (κ3) is 1.97. The van der Waals surface area contributed by atoms with Gasteiger partial charge < -0.3 is 4.98 Å². The second-order valence-corrected chi connectivity index (χ2v) is 5.25. The molecule has 0 saturated heterocycles. The van der Waals surface area contributed by atoms with Crippen LogP contribution < -0.4 is 0 Å². The van der Waals surface area contributed by atoms with E-state index in [1.165, 1.54) is 22.2 Å². The largest absolute Gasteiger partial charge is 0.358 e. The molecule has 0 spiro atoms. The second kappa shape index (κ2) is 4.17. The Morgan fingerprint density at radius 2 is 2.12 bits per heavy atom. The lowest BCUT2D eigenvalue weighted by atomic mass is 9.96. The van der Waals surface area contributed by atoms with Gasteiger partial charge in [-0.15, -0.1) is 0 Å². The van der Waals surface area contributed by atoms with Gasteiger partial charge in [0.1, 0.15) is 6.17 Å². The predicted molar refractivity (Wildman–Crippen MR) is 69.0 cm³/mol. The van der Waals surface area contributed by atoms with Crippen molar-refractivity contribution in [3.63, 3.8) is 0 Å². The van der Waals surface area contributed by atoms with Gasteiger partial charge in [0, 0.05) is 16.6 Å². The van der Waals surface area contributed by atoms with Gasteiger partial charge in [-0.05, 0) is 50.2 Å². The Balaban J connectivity index is 1.91. The number of hydrogen-bond acceptors (Lipinski definition) is 0. The first-order valence-corrected chi connectivity index (χ1v) is 6.44. The zero-order chi connectivity index (χ0) is 11.8. The summed E-state index contributed by atoms with van der Waals surface area (Å²) in [6.07, 6.45) is 3.01. The van der Waals surface area contributed by atoms with Crippen molar-refractivity contribution >= 4 is 10.9 Å². The lowest BCUT2D eigenvalue weighted by Crippen LogP contribution is -2.01. The van der Waals surface area contributed by atoms with Gasteiger partial charge in [0.05, 0.1) is 0 Å². The minimum Gasteiger partial charge on any atom is -0.358 e. The minimum absolute atomic E-state index is 0.530. The number of benzene rings is 1. The number of aryl methyl sites for hydroxylation is 1. The first-order chi connectivity index (χ1) is 8.24. The van der Waals surface area contributed by atoms with E-state index in [9.17, 15) is 4.39 Å². The number of aromatic amines is 1. The smallest absolute Gasteiger partial charge is 0.100 e. The molecule has 2 heteroatoms. The highest BCUT2D eigenvalue weighted by Gasteiger charge is 2.25. The van der Waals surface area contributed by atoms with Crippen molar-refractivity contribution in [3.8, 4) is 0 Å². The summed E-state index contributed by atoms with van der Waals surface area (Å²) in [7, 11) is 0. The van der Waals surface area contributed by atoms with Gasteiger partial charge in [0.15, 0.2) is 0 Å². The number of para-hydroxylation sites is 1. The number of aromatic nitrogens is 1. The summed E-state index contributed by atoms with van der Waals surface area (Å²) >= 11 is 0. The molecule has 0 bridgehead atoms. The lowest BCUT2D eigenvalue weighted by Gasteiger charge is -2.09. The Morgan fingerprint density at radius 3 is 2.88 bits per heavy atom. The van der Waals surface area contributed by atoms with Crippen LogP contribution in [-0.4, -0.2) is 11.2 Å². The molecule has 1 aromatic carbocycles. The summed E-state index contributed by atoms with van der Waals surface area (Å²) in [4.78, 5) is 3.42. The van der Waals surface area contributed by atoms with Gasteiger partial charge in [-0.1, -0.05) is 18.2 Å². The maximum Gasteiger partial charge on any atom is 0.100 e. The lowest BCUT2D eigenvalue weighted by molar-refractivity contribution is 0.330. The topological polar surface area (TPSA) is 15.8 Å². The summed E-state index contributed by atoms with van der Waals surface area (Å²) in [5.74, 6) is 0.530. The zero-order valence-electron chi connectivity index (χ0n) is 10.2. The summed E-state index contributed by atoms with van der Waals surface area (Å²) in [6, 6.07) is 8.40. The number of rotatable bonds is 2. The molecule has 0 aliphatic heterocycles. The molecule has 1 fully saturated rings. The Hall–Kier alpha value is -1.31. The van der Waals surface area contributed by atoms with Gasteiger partial charge in [-0.25, -0.2) is 4.39 Å². The average molecular weight is 231 g/mol. The highest BCUT2D eigenvalue weighted by molar-refractivity contribution is 5.84. The number of fused-ring (bicyclic) bond motifs is 1. The van der Waals surface area contributed by atoms with Crippen molar-refractivity contribution < 1.29 is 4.39 Å². The number of H-pyrrole nitrogens is 1. The van der Waals surface area contributed by atoms with E-state index in [0.717, 1.165) is 25.7 Å². The fourth-order valence-corrected chi connectivity index (χ4v) is 3.09. The first-order valence-electron chi connectivity index (χ1n) is 6.44. The van der Waals surface area contributed by atoms with E-state index in [4.69, 9.17) is 0 Å². The SMILES string of the molecule is Cc1[nH]c2ccccc2c1C[C@@H]1CCC(F)C1. The van der Waals surface area contributed by atoms with E-state index in [2.05, 4.69) is 36.2 Å². The molecule has 1 saturated carbocycles. The van der Waals surface area contributed by atoms with Crippen LogP contribution in [0.1, 0.15) is 30.5 Å². The van der Waals surface area contributed by atoms with E-state index in [1.54, 1.807) is 0 Å². The highest BCUT2D eigenvalue weighted by atomic mass is 19.1. The van der Waals surface area contributed by atoms with Crippen LogP contribution in [0, 0.1) is 12.8 Å². The van der Waals surface area contributed by atoms with Crippen molar-refractivity contribution in [1.29, 1.82) is 0 Å². The molecule has 1 aliphatic carbocycles. The van der Waals surface area contributed by atoms with Crippen molar-refractivity contribution in [2.45, 2.75) is 38.8 Å². The van der Waals surface area contributed by atoms with Gasteiger partial charge in [-0.2, -0.15) is 0 Å². The number of halogens is 1. The Labute approximate surface area is 101 Å². The van der Waals surface area contributed by atoms with E-state index in [1.807, 2.05) is 0 Å². The number of hydrogen-bond donors (Lipinski definition) is 1. The quantitative estimate of drug-likeness (QED) is 0.799. The van der Waals surface area contributed by atoms with Crippen molar-refractivity contribution in [2.75, 3.05) is 0 Å². The summed E-state index contributed by atoms with van der Waals surface area (Å²) in [5.41, 5.74) is 3.84. The molecule has 3 rings (SSSR count). The number of alkyl halides is 1. The Bertz CT molecular complexity index is 529. The fourth-order valence-electron chi connectivity index (χ4n) is 3.09. The summed E-state index contributed by atoms with van der Waals surface area (Å²) < 4.78 is 13.2. The third-order valence-corrected chi connectivity index (χ3v) is 4.00. The molecule has 2 aromatic rings. The highest BCUT2D eigenvalue weighted by Crippen LogP contribution is 2.33. The molecule has 1 aromatic heterocycles. The summed E-state index contributed by atoms with van der Waals surface area (Å²) in [5, 5.41) is 1.31. The summed E-state index contributed by atoms with van der Waals surface area (Å²) in [6.45, 7) is 2.12. The van der Waals surface area contributed by atoms with Crippen LogP contribution in [0.3, 0.4) is 0 Å². The normalized spacial score (nSPS) is 24.6.